The predicted octanol–water partition coefficient (Wildman–Crippen LogP) is 2.02. The van der Waals surface area contributed by atoms with Crippen LogP contribution in [0.2, 0.25) is 0 Å². The van der Waals surface area contributed by atoms with Gasteiger partial charge in [0.05, 0.1) is 12.7 Å². The van der Waals surface area contributed by atoms with Gasteiger partial charge in [0, 0.05) is 32.3 Å². The largest absolute Gasteiger partial charge is 0.494 e. The summed E-state index contributed by atoms with van der Waals surface area (Å²) in [4.78, 5) is 34.0. The summed E-state index contributed by atoms with van der Waals surface area (Å²) in [6, 6.07) is 0.0508. The van der Waals surface area contributed by atoms with Gasteiger partial charge < -0.3 is 20.7 Å². The summed E-state index contributed by atoms with van der Waals surface area (Å²) in [5.41, 5.74) is 5.72. The van der Waals surface area contributed by atoms with Crippen LogP contribution in [0.15, 0.2) is 29.9 Å². The Balaban J connectivity index is 1.71. The van der Waals surface area contributed by atoms with Crippen LogP contribution in [0.3, 0.4) is 0 Å². The smallest absolute Gasteiger partial charge is 0.224 e. The molecular formula is C19H23F2N5O3. The van der Waals surface area contributed by atoms with Gasteiger partial charge in [-0.2, -0.15) is 4.98 Å². The first-order chi connectivity index (χ1) is 13.8. The fraction of sp³-hybridized carbons (Fsp3) is 0.474. The third-order valence-electron chi connectivity index (χ3n) is 5.12. The summed E-state index contributed by atoms with van der Waals surface area (Å²) >= 11 is 0. The van der Waals surface area contributed by atoms with Gasteiger partial charge in [0.15, 0.2) is 17.4 Å². The Morgan fingerprint density at radius 3 is 2.62 bits per heavy atom. The van der Waals surface area contributed by atoms with Crippen molar-refractivity contribution in [2.24, 2.45) is 5.92 Å². The van der Waals surface area contributed by atoms with Crippen LogP contribution in [-0.4, -0.2) is 59.0 Å². The fourth-order valence-electron chi connectivity index (χ4n) is 3.43. The van der Waals surface area contributed by atoms with E-state index < -0.39 is 23.7 Å². The second-order valence-corrected chi connectivity index (χ2v) is 6.98. The molecule has 1 aliphatic carbocycles. The molecule has 1 amide bonds. The minimum atomic E-state index is -1.84. The molecular weight excluding hydrogens is 384 g/mol. The zero-order chi connectivity index (χ0) is 21.1. The van der Waals surface area contributed by atoms with Crippen molar-refractivity contribution in [2.75, 3.05) is 31.2 Å². The van der Waals surface area contributed by atoms with E-state index in [1.807, 2.05) is 0 Å². The molecule has 2 atom stereocenters. The number of hydrogen-bond acceptors (Lipinski definition) is 7. The van der Waals surface area contributed by atoms with E-state index in [1.165, 1.54) is 20.2 Å². The SMILES string of the molecule is COC1=C(F)C(C(=O)c2cnc(NC3CCN(C(C)=O)CC3)nc2N)C(F)C=C1. The molecule has 2 unspecified atom stereocenters. The van der Waals surface area contributed by atoms with Gasteiger partial charge in [-0.25, -0.2) is 13.8 Å². The van der Waals surface area contributed by atoms with Crippen LogP contribution >= 0.6 is 0 Å². The molecule has 1 fully saturated rings. The number of ether oxygens (including phenoxy) is 1. The monoisotopic (exact) mass is 407 g/mol. The van der Waals surface area contributed by atoms with E-state index in [4.69, 9.17) is 10.5 Å². The van der Waals surface area contributed by atoms with Gasteiger partial charge in [0.2, 0.25) is 11.9 Å². The molecule has 0 spiro atoms. The van der Waals surface area contributed by atoms with Crippen LogP contribution < -0.4 is 11.1 Å². The summed E-state index contributed by atoms with van der Waals surface area (Å²) < 4.78 is 33.4. The van der Waals surface area contributed by atoms with Crippen molar-refractivity contribution in [1.82, 2.24) is 14.9 Å². The van der Waals surface area contributed by atoms with Gasteiger partial charge in [0.1, 0.15) is 17.9 Å². The van der Waals surface area contributed by atoms with Gasteiger partial charge in [0.25, 0.3) is 0 Å². The predicted molar refractivity (Wildman–Crippen MR) is 102 cm³/mol. The standard InChI is InChI=1S/C19H23F2N5O3/c1-10(27)26-7-5-11(6-8-26)24-19-23-9-12(18(22)25-19)17(28)15-13(20)3-4-14(29-2)16(15)21/h3-4,9,11,13,15H,5-8H2,1-2H3,(H3,22,23,24,25). The lowest BCUT2D eigenvalue weighted by Crippen LogP contribution is -2.41. The van der Waals surface area contributed by atoms with Crippen molar-refractivity contribution < 1.29 is 23.1 Å². The van der Waals surface area contributed by atoms with Crippen molar-refractivity contribution in [3.8, 4) is 0 Å². The summed E-state index contributed by atoms with van der Waals surface area (Å²) in [6.07, 6.45) is 2.97. The molecule has 0 radical (unpaired) electrons. The highest BCUT2D eigenvalue weighted by Gasteiger charge is 2.37. The number of piperidine rings is 1. The highest BCUT2D eigenvalue weighted by Crippen LogP contribution is 2.33. The zero-order valence-corrected chi connectivity index (χ0v) is 16.2. The average Bonchev–Trinajstić information content (AvgIpc) is 2.68. The van der Waals surface area contributed by atoms with Crippen LogP contribution in [-0.2, 0) is 9.53 Å². The molecule has 2 aliphatic rings. The number of nitrogens with one attached hydrogen (secondary N) is 1. The first kappa shape index (κ1) is 20.7. The maximum absolute atomic E-state index is 14.4. The van der Waals surface area contributed by atoms with Gasteiger partial charge in [-0.1, -0.05) is 0 Å². The number of anilines is 2. The number of nitrogen functional groups attached to an aromatic ring is 1. The van der Waals surface area contributed by atoms with Crippen LogP contribution in [0.4, 0.5) is 20.5 Å². The highest BCUT2D eigenvalue weighted by atomic mass is 19.1. The maximum atomic E-state index is 14.4. The Kier molecular flexibility index (Phi) is 6.09. The molecule has 8 nitrogen and oxygen atoms in total. The number of halogens is 2. The van der Waals surface area contributed by atoms with Crippen molar-refractivity contribution in [1.29, 1.82) is 0 Å². The second-order valence-electron chi connectivity index (χ2n) is 6.98. The topological polar surface area (TPSA) is 110 Å². The van der Waals surface area contributed by atoms with Gasteiger partial charge in [-0.05, 0) is 25.0 Å². The number of methoxy groups -OCH3 is 1. The summed E-state index contributed by atoms with van der Waals surface area (Å²) in [5, 5.41) is 3.12. The number of hydrogen-bond donors (Lipinski definition) is 2. The molecule has 2 heterocycles. The van der Waals surface area contributed by atoms with Gasteiger partial charge in [-0.3, -0.25) is 9.59 Å². The van der Waals surface area contributed by atoms with Gasteiger partial charge >= 0.3 is 0 Å². The van der Waals surface area contributed by atoms with E-state index in [9.17, 15) is 18.4 Å². The zero-order valence-electron chi connectivity index (χ0n) is 16.2. The van der Waals surface area contributed by atoms with E-state index in [0.29, 0.717) is 13.1 Å². The number of alkyl halides is 1. The minimum absolute atomic E-state index is 0.0356. The number of nitrogens with two attached hydrogens (primary N) is 1. The number of amides is 1. The molecule has 1 aliphatic heterocycles. The quantitative estimate of drug-likeness (QED) is 0.719. The number of ketones is 1. The third kappa shape index (κ3) is 4.36. The van der Waals surface area contributed by atoms with E-state index in [1.54, 1.807) is 4.90 Å². The first-order valence-corrected chi connectivity index (χ1v) is 9.26. The Morgan fingerprint density at radius 2 is 2.03 bits per heavy atom. The average molecular weight is 407 g/mol. The third-order valence-corrected chi connectivity index (χ3v) is 5.12. The molecule has 3 rings (SSSR count). The summed E-state index contributed by atoms with van der Waals surface area (Å²) in [6.45, 7) is 2.78. The molecule has 1 aromatic rings. The maximum Gasteiger partial charge on any atom is 0.224 e. The number of rotatable bonds is 5. The van der Waals surface area contributed by atoms with Crippen LogP contribution in [0.5, 0.6) is 0 Å². The normalized spacial score (nSPS) is 22.6. The number of carbonyl (C=O) groups is 2. The highest BCUT2D eigenvalue weighted by molar-refractivity contribution is 6.03. The van der Waals surface area contributed by atoms with E-state index in [-0.39, 0.29) is 35.0 Å². The number of aromatic nitrogens is 2. The lowest BCUT2D eigenvalue weighted by molar-refractivity contribution is -0.129. The van der Waals surface area contributed by atoms with Crippen LogP contribution in [0, 0.1) is 5.92 Å². The van der Waals surface area contributed by atoms with Crippen molar-refractivity contribution in [2.45, 2.75) is 32.0 Å². The number of carbonyl (C=O) groups excluding carboxylic acids is 2. The van der Waals surface area contributed by atoms with Crippen molar-refractivity contribution in [3.05, 3.63) is 35.5 Å². The van der Waals surface area contributed by atoms with Crippen molar-refractivity contribution in [3.63, 3.8) is 0 Å². The van der Waals surface area contributed by atoms with E-state index in [2.05, 4.69) is 15.3 Å². The minimum Gasteiger partial charge on any atom is -0.494 e. The number of likely N-dealkylation sites (tertiary alicyclic amines) is 1. The number of allylic oxidation sites excluding steroid dienone is 3. The fourth-order valence-corrected chi connectivity index (χ4v) is 3.43. The number of nitrogens with zero attached hydrogens (tertiary/aromatic N) is 3. The summed E-state index contributed by atoms with van der Waals surface area (Å²) in [5.74, 6) is -3.65. The molecule has 3 N–H and O–H groups in total. The van der Waals surface area contributed by atoms with Crippen molar-refractivity contribution >= 4 is 23.5 Å². The van der Waals surface area contributed by atoms with Crippen LogP contribution in [0.25, 0.3) is 0 Å². The Bertz CT molecular complexity index is 865. The summed E-state index contributed by atoms with van der Waals surface area (Å²) in [7, 11) is 1.23. The molecule has 0 bridgehead atoms. The molecule has 0 aromatic carbocycles. The van der Waals surface area contributed by atoms with E-state index in [0.717, 1.165) is 25.0 Å². The Hall–Kier alpha value is -3.04. The molecule has 0 saturated carbocycles. The molecule has 1 aromatic heterocycles. The van der Waals surface area contributed by atoms with Gasteiger partial charge in [-0.15, -0.1) is 0 Å². The molecule has 10 heteroatoms. The lowest BCUT2D eigenvalue weighted by Gasteiger charge is -2.31. The lowest BCUT2D eigenvalue weighted by atomic mass is 9.89. The van der Waals surface area contributed by atoms with Crippen LogP contribution in [0.1, 0.15) is 30.1 Å². The first-order valence-electron chi connectivity index (χ1n) is 9.26. The molecule has 1 saturated heterocycles. The van der Waals surface area contributed by atoms with E-state index >= 15 is 0 Å². The second kappa shape index (κ2) is 8.54. The molecule has 29 heavy (non-hydrogen) atoms. The Morgan fingerprint density at radius 1 is 1.34 bits per heavy atom. The number of Topliss-reactive ketones (excluding diaryl/α,β-unsaturated/α-hetero) is 1. The molecule has 156 valence electrons. The Labute approximate surface area is 166 Å².